The second-order valence-corrected chi connectivity index (χ2v) is 5.25. The summed E-state index contributed by atoms with van der Waals surface area (Å²) in [5.74, 6) is 0.354. The summed E-state index contributed by atoms with van der Waals surface area (Å²) in [6.07, 6.45) is 0. The molecule has 0 aliphatic heterocycles. The van der Waals surface area contributed by atoms with Gasteiger partial charge in [-0.05, 0) is 49.6 Å². The van der Waals surface area contributed by atoms with Gasteiger partial charge in [0, 0.05) is 22.8 Å². The van der Waals surface area contributed by atoms with Crippen molar-refractivity contribution in [1.82, 2.24) is 0 Å². The highest BCUT2D eigenvalue weighted by Gasteiger charge is 2.06. The zero-order valence-electron chi connectivity index (χ0n) is 11.4. The van der Waals surface area contributed by atoms with Crippen LogP contribution in [0.15, 0.2) is 30.3 Å². The van der Waals surface area contributed by atoms with Crippen LogP contribution in [0.4, 0.5) is 5.69 Å². The van der Waals surface area contributed by atoms with Crippen molar-refractivity contribution in [3.8, 4) is 5.75 Å². The van der Waals surface area contributed by atoms with Crippen molar-refractivity contribution in [2.45, 2.75) is 27.3 Å². The maximum atomic E-state index is 9.90. The molecule has 2 aromatic carbocycles. The largest absolute Gasteiger partial charge is 0.507 e. The third-order valence-corrected chi connectivity index (χ3v) is 3.76. The Morgan fingerprint density at radius 3 is 2.42 bits per heavy atom. The molecular formula is C16H18ClNO. The smallest absolute Gasteiger partial charge is 0.123 e. The highest BCUT2D eigenvalue weighted by Crippen LogP contribution is 2.28. The van der Waals surface area contributed by atoms with Gasteiger partial charge in [0.2, 0.25) is 0 Å². The van der Waals surface area contributed by atoms with Gasteiger partial charge in [0.1, 0.15) is 5.75 Å². The van der Waals surface area contributed by atoms with Gasteiger partial charge < -0.3 is 10.4 Å². The normalized spacial score (nSPS) is 10.5. The molecule has 0 aliphatic rings. The Balaban J connectivity index is 2.14. The highest BCUT2D eigenvalue weighted by molar-refractivity contribution is 6.31. The molecule has 0 saturated carbocycles. The second kappa shape index (κ2) is 5.54. The molecule has 19 heavy (non-hydrogen) atoms. The molecule has 0 atom stereocenters. The lowest BCUT2D eigenvalue weighted by Gasteiger charge is -2.13. The number of anilines is 1. The van der Waals surface area contributed by atoms with E-state index in [1.807, 2.05) is 45.0 Å². The number of aromatic hydroxyl groups is 1. The third kappa shape index (κ3) is 3.02. The van der Waals surface area contributed by atoms with E-state index in [0.29, 0.717) is 12.3 Å². The minimum absolute atomic E-state index is 0.354. The van der Waals surface area contributed by atoms with E-state index in [2.05, 4.69) is 11.4 Å². The van der Waals surface area contributed by atoms with Gasteiger partial charge in [-0.2, -0.15) is 0 Å². The number of rotatable bonds is 3. The Labute approximate surface area is 119 Å². The first-order valence-corrected chi connectivity index (χ1v) is 6.65. The molecule has 2 aromatic rings. The van der Waals surface area contributed by atoms with E-state index < -0.39 is 0 Å². The van der Waals surface area contributed by atoms with E-state index in [4.69, 9.17) is 11.6 Å². The first-order chi connectivity index (χ1) is 8.99. The molecule has 2 N–H and O–H groups in total. The summed E-state index contributed by atoms with van der Waals surface area (Å²) in [6, 6.07) is 9.93. The van der Waals surface area contributed by atoms with E-state index in [-0.39, 0.29) is 0 Å². The van der Waals surface area contributed by atoms with Crippen LogP contribution in [0.2, 0.25) is 5.02 Å². The number of hydrogen-bond donors (Lipinski definition) is 2. The molecule has 0 bridgehead atoms. The van der Waals surface area contributed by atoms with Gasteiger partial charge in [-0.15, -0.1) is 0 Å². The van der Waals surface area contributed by atoms with Crippen molar-refractivity contribution in [3.63, 3.8) is 0 Å². The van der Waals surface area contributed by atoms with E-state index in [1.54, 1.807) is 0 Å². The fraction of sp³-hybridized carbons (Fsp3) is 0.250. The van der Waals surface area contributed by atoms with E-state index >= 15 is 0 Å². The number of benzene rings is 2. The molecule has 0 amide bonds. The summed E-state index contributed by atoms with van der Waals surface area (Å²) in [4.78, 5) is 0. The Morgan fingerprint density at radius 1 is 1.05 bits per heavy atom. The molecule has 2 nitrogen and oxygen atoms in total. The van der Waals surface area contributed by atoms with Crippen molar-refractivity contribution < 1.29 is 5.11 Å². The molecule has 0 aliphatic carbocycles. The topological polar surface area (TPSA) is 32.3 Å². The number of phenolic OH excluding ortho intramolecular Hbond substituents is 1. The monoisotopic (exact) mass is 275 g/mol. The van der Waals surface area contributed by atoms with Crippen molar-refractivity contribution >= 4 is 17.3 Å². The maximum absolute atomic E-state index is 9.90. The number of aryl methyl sites for hydroxylation is 2. The molecule has 2 rings (SSSR count). The molecule has 3 heteroatoms. The number of hydrogen-bond acceptors (Lipinski definition) is 2. The van der Waals surface area contributed by atoms with Crippen molar-refractivity contribution in [2.24, 2.45) is 0 Å². The predicted molar refractivity (Wildman–Crippen MR) is 81.1 cm³/mol. The van der Waals surface area contributed by atoms with Crippen molar-refractivity contribution in [1.29, 1.82) is 0 Å². The van der Waals surface area contributed by atoms with Crippen LogP contribution in [-0.4, -0.2) is 5.11 Å². The zero-order chi connectivity index (χ0) is 14.0. The Bertz CT molecular complexity index is 608. The lowest BCUT2D eigenvalue weighted by Crippen LogP contribution is -2.01. The SMILES string of the molecule is Cc1ccc(CNc2ccc(C)c(O)c2C)cc1Cl. The highest BCUT2D eigenvalue weighted by atomic mass is 35.5. The van der Waals surface area contributed by atoms with Gasteiger partial charge in [-0.3, -0.25) is 0 Å². The number of halogens is 1. The Morgan fingerprint density at radius 2 is 1.74 bits per heavy atom. The van der Waals surface area contributed by atoms with E-state index in [0.717, 1.165) is 33.0 Å². The average Bonchev–Trinajstić information content (AvgIpc) is 2.39. The number of nitrogens with one attached hydrogen (secondary N) is 1. The standard InChI is InChI=1S/C16H18ClNO/c1-10-4-6-13(8-14(10)17)9-18-15-7-5-11(2)16(19)12(15)3/h4-8,18-19H,9H2,1-3H3. The fourth-order valence-electron chi connectivity index (χ4n) is 1.97. The minimum atomic E-state index is 0.354. The van der Waals surface area contributed by atoms with Gasteiger partial charge in [0.25, 0.3) is 0 Å². The fourth-order valence-corrected chi connectivity index (χ4v) is 2.17. The van der Waals surface area contributed by atoms with Gasteiger partial charge in [0.15, 0.2) is 0 Å². The van der Waals surface area contributed by atoms with Crippen LogP contribution < -0.4 is 5.32 Å². The molecule has 0 radical (unpaired) electrons. The third-order valence-electron chi connectivity index (χ3n) is 3.35. The zero-order valence-corrected chi connectivity index (χ0v) is 12.2. The molecule has 0 aromatic heterocycles. The van der Waals surface area contributed by atoms with Gasteiger partial charge >= 0.3 is 0 Å². The van der Waals surface area contributed by atoms with Crippen LogP contribution in [0.25, 0.3) is 0 Å². The Kier molecular flexibility index (Phi) is 4.01. The van der Waals surface area contributed by atoms with Crippen LogP contribution in [0.5, 0.6) is 5.75 Å². The van der Waals surface area contributed by atoms with Crippen LogP contribution in [0, 0.1) is 20.8 Å². The maximum Gasteiger partial charge on any atom is 0.123 e. The summed E-state index contributed by atoms with van der Waals surface area (Å²) in [5.41, 5.74) is 4.91. The molecular weight excluding hydrogens is 258 g/mol. The first kappa shape index (κ1) is 13.8. The molecule has 0 fully saturated rings. The first-order valence-electron chi connectivity index (χ1n) is 6.27. The summed E-state index contributed by atoms with van der Waals surface area (Å²) in [7, 11) is 0. The van der Waals surface area contributed by atoms with Crippen LogP contribution in [0.1, 0.15) is 22.3 Å². The van der Waals surface area contributed by atoms with Gasteiger partial charge in [0.05, 0.1) is 0 Å². The quantitative estimate of drug-likeness (QED) is 0.859. The van der Waals surface area contributed by atoms with E-state index in [9.17, 15) is 5.11 Å². The van der Waals surface area contributed by atoms with E-state index in [1.165, 1.54) is 0 Å². The van der Waals surface area contributed by atoms with Crippen LogP contribution >= 0.6 is 11.6 Å². The molecule has 100 valence electrons. The van der Waals surface area contributed by atoms with Crippen LogP contribution in [-0.2, 0) is 6.54 Å². The Hall–Kier alpha value is -1.67. The molecule has 0 unspecified atom stereocenters. The summed E-state index contributed by atoms with van der Waals surface area (Å²) >= 11 is 6.11. The van der Waals surface area contributed by atoms with Gasteiger partial charge in [-0.25, -0.2) is 0 Å². The number of phenols is 1. The molecule has 0 heterocycles. The summed E-state index contributed by atoms with van der Waals surface area (Å²) < 4.78 is 0. The predicted octanol–water partition coefficient (Wildman–Crippen LogP) is 4.58. The summed E-state index contributed by atoms with van der Waals surface area (Å²) in [6.45, 7) is 6.48. The minimum Gasteiger partial charge on any atom is -0.507 e. The molecule has 0 saturated heterocycles. The second-order valence-electron chi connectivity index (χ2n) is 4.84. The van der Waals surface area contributed by atoms with Crippen molar-refractivity contribution in [2.75, 3.05) is 5.32 Å². The summed E-state index contributed by atoms with van der Waals surface area (Å²) in [5, 5.41) is 14.0. The molecule has 0 spiro atoms. The lowest BCUT2D eigenvalue weighted by atomic mass is 10.1. The lowest BCUT2D eigenvalue weighted by molar-refractivity contribution is 0.467. The van der Waals surface area contributed by atoms with Crippen molar-refractivity contribution in [3.05, 3.63) is 57.6 Å². The van der Waals surface area contributed by atoms with Crippen LogP contribution in [0.3, 0.4) is 0 Å². The van der Waals surface area contributed by atoms with Gasteiger partial charge in [-0.1, -0.05) is 29.8 Å². The average molecular weight is 276 g/mol.